The Labute approximate surface area is 133 Å². The Morgan fingerprint density at radius 1 is 0.750 bits per heavy atom. The summed E-state index contributed by atoms with van der Waals surface area (Å²) < 4.78 is 41.2. The van der Waals surface area contributed by atoms with Crippen LogP contribution in [0.15, 0.2) is 0 Å². The summed E-state index contributed by atoms with van der Waals surface area (Å²) in [5.74, 6) is 0. The fraction of sp³-hybridized carbons (Fsp3) is 1.00. The standard InChI is InChI=1S/C9H18Cl3O7P/c1-4-7(14-10)17-20(13,18-8(5-2)15-11)19-9(6-3)16-12/h7-9H,4-6H2,1-3H3. The third-order valence-corrected chi connectivity index (χ3v) is 4.11. The molecule has 122 valence electrons. The van der Waals surface area contributed by atoms with Crippen LogP contribution in [0.3, 0.4) is 0 Å². The van der Waals surface area contributed by atoms with Gasteiger partial charge in [-0.3, -0.25) is 13.6 Å². The summed E-state index contributed by atoms with van der Waals surface area (Å²) in [4.78, 5) is 0. The third kappa shape index (κ3) is 7.75. The van der Waals surface area contributed by atoms with Crippen molar-refractivity contribution in [1.82, 2.24) is 0 Å². The van der Waals surface area contributed by atoms with Crippen molar-refractivity contribution in [2.24, 2.45) is 0 Å². The van der Waals surface area contributed by atoms with E-state index < -0.39 is 26.7 Å². The van der Waals surface area contributed by atoms with Gasteiger partial charge in [0, 0.05) is 0 Å². The molecular weight excluding hydrogens is 357 g/mol. The van der Waals surface area contributed by atoms with Crippen LogP contribution < -0.4 is 0 Å². The van der Waals surface area contributed by atoms with E-state index in [2.05, 4.69) is 12.9 Å². The summed E-state index contributed by atoms with van der Waals surface area (Å²) >= 11 is 15.6. The molecule has 0 N–H and O–H groups in total. The number of hydrogen-bond donors (Lipinski definition) is 0. The number of phosphoric acid groups is 1. The van der Waals surface area contributed by atoms with E-state index in [4.69, 9.17) is 49.2 Å². The maximum absolute atomic E-state index is 12.5. The van der Waals surface area contributed by atoms with E-state index in [1.54, 1.807) is 20.8 Å². The van der Waals surface area contributed by atoms with E-state index >= 15 is 0 Å². The molecule has 7 nitrogen and oxygen atoms in total. The number of rotatable bonds is 12. The average molecular weight is 376 g/mol. The first-order chi connectivity index (χ1) is 9.48. The maximum Gasteiger partial charge on any atom is 0.481 e. The molecule has 0 aromatic rings. The quantitative estimate of drug-likeness (QED) is 0.356. The predicted molar refractivity (Wildman–Crippen MR) is 73.9 cm³/mol. The first-order valence-electron chi connectivity index (χ1n) is 5.95. The molecule has 0 saturated carbocycles. The average Bonchev–Trinajstić information content (AvgIpc) is 2.48. The molecule has 0 aliphatic rings. The normalized spacial score (nSPS) is 19.3. The van der Waals surface area contributed by atoms with Crippen molar-refractivity contribution >= 4 is 43.4 Å². The van der Waals surface area contributed by atoms with Crippen LogP contribution in [0.5, 0.6) is 0 Å². The molecule has 0 spiro atoms. The van der Waals surface area contributed by atoms with Crippen molar-refractivity contribution in [2.45, 2.75) is 58.9 Å². The van der Waals surface area contributed by atoms with Gasteiger partial charge in [-0.15, -0.1) is 0 Å². The van der Waals surface area contributed by atoms with Crippen LogP contribution in [0.1, 0.15) is 40.0 Å². The van der Waals surface area contributed by atoms with E-state index in [-0.39, 0.29) is 0 Å². The highest BCUT2D eigenvalue weighted by atomic mass is 35.5. The lowest BCUT2D eigenvalue weighted by Gasteiger charge is -2.25. The molecule has 20 heavy (non-hydrogen) atoms. The number of phosphoric ester groups is 1. The smallest absolute Gasteiger partial charge is 0.255 e. The van der Waals surface area contributed by atoms with E-state index in [9.17, 15) is 4.57 Å². The van der Waals surface area contributed by atoms with Crippen molar-refractivity contribution < 1.29 is 31.0 Å². The first kappa shape index (κ1) is 20.9. The van der Waals surface area contributed by atoms with Gasteiger partial charge in [-0.05, 0) is 19.3 Å². The molecule has 0 radical (unpaired) electrons. The molecule has 0 saturated heterocycles. The number of halogens is 3. The third-order valence-electron chi connectivity index (χ3n) is 2.04. The molecule has 0 amide bonds. The minimum atomic E-state index is -4.12. The molecule has 0 fully saturated rings. The van der Waals surface area contributed by atoms with Crippen LogP contribution in [0.2, 0.25) is 0 Å². The van der Waals surface area contributed by atoms with Crippen molar-refractivity contribution in [3.8, 4) is 0 Å². The number of hydrogen-bond acceptors (Lipinski definition) is 7. The van der Waals surface area contributed by atoms with Crippen molar-refractivity contribution in [1.29, 1.82) is 0 Å². The van der Waals surface area contributed by atoms with E-state index in [1.165, 1.54) is 0 Å². The highest BCUT2D eigenvalue weighted by Gasteiger charge is 2.37. The highest BCUT2D eigenvalue weighted by molar-refractivity contribution is 7.48. The van der Waals surface area contributed by atoms with Crippen LogP contribution in [-0.4, -0.2) is 18.9 Å². The van der Waals surface area contributed by atoms with Gasteiger partial charge in [-0.25, -0.2) is 17.4 Å². The summed E-state index contributed by atoms with van der Waals surface area (Å²) in [5, 5.41) is 0. The monoisotopic (exact) mass is 374 g/mol. The zero-order valence-corrected chi connectivity index (χ0v) is 14.5. The van der Waals surface area contributed by atoms with Gasteiger partial charge >= 0.3 is 7.82 Å². The molecule has 0 aliphatic carbocycles. The van der Waals surface area contributed by atoms with Crippen LogP contribution in [-0.2, 0) is 31.0 Å². The molecule has 3 atom stereocenters. The summed E-state index contributed by atoms with van der Waals surface area (Å²) in [5.41, 5.74) is 0. The van der Waals surface area contributed by atoms with E-state index in [1.807, 2.05) is 0 Å². The van der Waals surface area contributed by atoms with Gasteiger partial charge in [-0.2, -0.15) is 0 Å². The fourth-order valence-corrected chi connectivity index (χ4v) is 3.20. The van der Waals surface area contributed by atoms with Crippen LogP contribution in [0.4, 0.5) is 0 Å². The lowest BCUT2D eigenvalue weighted by Crippen LogP contribution is -2.21. The lowest BCUT2D eigenvalue weighted by atomic mass is 10.5. The zero-order chi connectivity index (χ0) is 15.6. The summed E-state index contributed by atoms with van der Waals surface area (Å²) in [7, 11) is -4.12. The van der Waals surface area contributed by atoms with Crippen LogP contribution in [0, 0.1) is 0 Å². The first-order valence-corrected chi connectivity index (χ1v) is 8.34. The molecule has 11 heteroatoms. The SMILES string of the molecule is CCC(OCl)OP(=O)(OC(CC)OCl)OC(CC)OCl. The molecule has 0 aromatic heterocycles. The molecule has 0 aromatic carbocycles. The van der Waals surface area contributed by atoms with Crippen molar-refractivity contribution in [2.75, 3.05) is 0 Å². The highest BCUT2D eigenvalue weighted by Crippen LogP contribution is 2.54. The van der Waals surface area contributed by atoms with Gasteiger partial charge in [0.15, 0.2) is 18.9 Å². The van der Waals surface area contributed by atoms with Gasteiger partial charge in [0.2, 0.25) is 0 Å². The van der Waals surface area contributed by atoms with Crippen molar-refractivity contribution in [3.63, 3.8) is 0 Å². The minimum absolute atomic E-state index is 0.303. The molecule has 0 heterocycles. The fourth-order valence-electron chi connectivity index (χ4n) is 0.968. The molecule has 0 bridgehead atoms. The van der Waals surface area contributed by atoms with Gasteiger partial charge in [-0.1, -0.05) is 20.8 Å². The Bertz CT molecular complexity index is 242. The second kappa shape index (κ2) is 11.4. The predicted octanol–water partition coefficient (Wildman–Crippen LogP) is 4.86. The molecule has 3 unspecified atom stereocenters. The second-order valence-electron chi connectivity index (χ2n) is 3.54. The second-order valence-corrected chi connectivity index (χ2v) is 5.61. The Hall–Kier alpha value is 0.860. The maximum atomic E-state index is 12.5. The van der Waals surface area contributed by atoms with Gasteiger partial charge in [0.1, 0.15) is 0 Å². The van der Waals surface area contributed by atoms with Gasteiger partial charge < -0.3 is 0 Å². The lowest BCUT2D eigenvalue weighted by molar-refractivity contribution is -0.0980. The summed E-state index contributed by atoms with van der Waals surface area (Å²) in [6.07, 6.45) is -2.12. The van der Waals surface area contributed by atoms with Crippen LogP contribution in [0.25, 0.3) is 0 Å². The molecular formula is C9H18Cl3O7P. The van der Waals surface area contributed by atoms with E-state index in [0.29, 0.717) is 19.3 Å². The van der Waals surface area contributed by atoms with Crippen molar-refractivity contribution in [3.05, 3.63) is 0 Å². The Morgan fingerprint density at radius 3 is 1.15 bits per heavy atom. The van der Waals surface area contributed by atoms with Crippen LogP contribution >= 0.6 is 43.4 Å². The Kier molecular flexibility index (Phi) is 11.9. The minimum Gasteiger partial charge on any atom is -0.255 e. The Morgan fingerprint density at radius 2 is 1.00 bits per heavy atom. The molecule has 0 rings (SSSR count). The Balaban J connectivity index is 4.95. The zero-order valence-electron chi connectivity index (χ0n) is 11.3. The topological polar surface area (TPSA) is 72.5 Å². The van der Waals surface area contributed by atoms with Gasteiger partial charge in [0.05, 0.1) is 35.6 Å². The largest absolute Gasteiger partial charge is 0.481 e. The van der Waals surface area contributed by atoms with E-state index in [0.717, 1.165) is 0 Å². The molecule has 0 aliphatic heterocycles. The van der Waals surface area contributed by atoms with Gasteiger partial charge in [0.25, 0.3) is 0 Å². The summed E-state index contributed by atoms with van der Waals surface area (Å²) in [6.45, 7) is 5.09. The summed E-state index contributed by atoms with van der Waals surface area (Å²) in [6, 6.07) is 0.